The molecule has 0 saturated carbocycles. The van der Waals surface area contributed by atoms with E-state index in [0.29, 0.717) is 5.56 Å². The fraction of sp³-hybridized carbons (Fsp3) is 0.200. The van der Waals surface area contributed by atoms with Gasteiger partial charge in [-0.2, -0.15) is 5.26 Å². The fourth-order valence-electron chi connectivity index (χ4n) is 1.15. The van der Waals surface area contributed by atoms with Gasteiger partial charge in [-0.05, 0) is 24.6 Å². The molecule has 0 fully saturated rings. The SMILES string of the molecule is Cc1ccc(C(=O)O)cc1NS(=O)(=O)CC#N. The van der Waals surface area contributed by atoms with Crippen molar-refractivity contribution in [3.8, 4) is 6.07 Å². The highest BCUT2D eigenvalue weighted by atomic mass is 32.2. The average molecular weight is 254 g/mol. The smallest absolute Gasteiger partial charge is 0.335 e. The number of nitrogens with one attached hydrogen (secondary N) is 1. The van der Waals surface area contributed by atoms with Crippen LogP contribution in [0.4, 0.5) is 5.69 Å². The van der Waals surface area contributed by atoms with Crippen LogP contribution in [0.5, 0.6) is 0 Å². The summed E-state index contributed by atoms with van der Waals surface area (Å²) in [6.07, 6.45) is 0. The molecule has 0 unspecified atom stereocenters. The Labute approximate surface area is 98.6 Å². The van der Waals surface area contributed by atoms with Crippen molar-refractivity contribution in [2.75, 3.05) is 10.5 Å². The molecule has 0 bridgehead atoms. The highest BCUT2D eigenvalue weighted by Crippen LogP contribution is 2.18. The third kappa shape index (κ3) is 3.46. The van der Waals surface area contributed by atoms with Gasteiger partial charge in [-0.3, -0.25) is 4.72 Å². The van der Waals surface area contributed by atoms with Crippen molar-refractivity contribution in [2.24, 2.45) is 0 Å². The first-order chi connectivity index (χ1) is 7.85. The number of hydrogen-bond acceptors (Lipinski definition) is 4. The summed E-state index contributed by atoms with van der Waals surface area (Å²) in [5.74, 6) is -1.82. The van der Waals surface area contributed by atoms with Crippen molar-refractivity contribution >= 4 is 21.7 Å². The topological polar surface area (TPSA) is 107 Å². The Bertz CT molecular complexity index is 587. The molecule has 0 aliphatic heterocycles. The Hall–Kier alpha value is -2.07. The Morgan fingerprint density at radius 1 is 1.53 bits per heavy atom. The van der Waals surface area contributed by atoms with E-state index in [9.17, 15) is 13.2 Å². The van der Waals surface area contributed by atoms with E-state index in [4.69, 9.17) is 10.4 Å². The second-order valence-corrected chi connectivity index (χ2v) is 5.08. The molecular formula is C10H10N2O4S. The van der Waals surface area contributed by atoms with Crippen LogP contribution in [0.3, 0.4) is 0 Å². The van der Waals surface area contributed by atoms with Crippen molar-refractivity contribution in [1.82, 2.24) is 0 Å². The lowest BCUT2D eigenvalue weighted by molar-refractivity contribution is 0.0697. The van der Waals surface area contributed by atoms with E-state index in [-0.39, 0.29) is 11.3 Å². The van der Waals surface area contributed by atoms with Gasteiger partial charge in [-0.25, -0.2) is 13.2 Å². The summed E-state index contributed by atoms with van der Waals surface area (Å²) in [7, 11) is -3.75. The van der Waals surface area contributed by atoms with Gasteiger partial charge in [0.1, 0.15) is 0 Å². The van der Waals surface area contributed by atoms with Crippen molar-refractivity contribution in [1.29, 1.82) is 5.26 Å². The van der Waals surface area contributed by atoms with E-state index in [1.165, 1.54) is 24.3 Å². The van der Waals surface area contributed by atoms with Crippen molar-refractivity contribution < 1.29 is 18.3 Å². The monoisotopic (exact) mass is 254 g/mol. The zero-order valence-electron chi connectivity index (χ0n) is 8.97. The minimum atomic E-state index is -3.75. The molecule has 0 saturated heterocycles. The van der Waals surface area contributed by atoms with E-state index in [2.05, 4.69) is 4.72 Å². The van der Waals surface area contributed by atoms with Crippen molar-refractivity contribution in [2.45, 2.75) is 6.92 Å². The number of hydrogen-bond donors (Lipinski definition) is 2. The van der Waals surface area contributed by atoms with Crippen molar-refractivity contribution in [3.63, 3.8) is 0 Å². The number of aryl methyl sites for hydroxylation is 1. The maximum Gasteiger partial charge on any atom is 0.335 e. The second-order valence-electron chi connectivity index (χ2n) is 3.35. The molecule has 2 N–H and O–H groups in total. The van der Waals surface area contributed by atoms with Gasteiger partial charge in [0, 0.05) is 0 Å². The van der Waals surface area contributed by atoms with Crippen LogP contribution < -0.4 is 4.72 Å². The number of carboxylic acid groups (broad SMARTS) is 1. The molecular weight excluding hydrogens is 244 g/mol. The fourth-order valence-corrected chi connectivity index (χ4v) is 1.95. The van der Waals surface area contributed by atoms with Crippen LogP contribution in [0.2, 0.25) is 0 Å². The molecule has 0 aromatic heterocycles. The van der Waals surface area contributed by atoms with Crippen LogP contribution in [0.1, 0.15) is 15.9 Å². The Balaban J connectivity index is 3.11. The number of aromatic carboxylic acids is 1. The molecule has 1 aromatic rings. The quantitative estimate of drug-likeness (QED) is 0.832. The maximum absolute atomic E-state index is 11.4. The minimum absolute atomic E-state index is 0.0229. The predicted molar refractivity (Wildman–Crippen MR) is 61.2 cm³/mol. The van der Waals surface area contributed by atoms with E-state index in [0.717, 1.165) is 0 Å². The van der Waals surface area contributed by atoms with Gasteiger partial charge in [0.2, 0.25) is 10.0 Å². The molecule has 0 spiro atoms. The molecule has 0 atom stereocenters. The van der Waals surface area contributed by atoms with Gasteiger partial charge in [0.15, 0.2) is 5.75 Å². The molecule has 0 heterocycles. The Morgan fingerprint density at radius 3 is 2.71 bits per heavy atom. The normalized spacial score (nSPS) is 10.6. The number of benzene rings is 1. The number of nitrogens with zero attached hydrogens (tertiary/aromatic N) is 1. The highest BCUT2D eigenvalue weighted by Gasteiger charge is 2.13. The average Bonchev–Trinajstić information content (AvgIpc) is 2.20. The largest absolute Gasteiger partial charge is 0.478 e. The lowest BCUT2D eigenvalue weighted by atomic mass is 10.1. The summed E-state index contributed by atoms with van der Waals surface area (Å²) in [5.41, 5.74) is 0.724. The standard InChI is InChI=1S/C10H10N2O4S/c1-7-2-3-8(10(13)14)6-9(7)12-17(15,16)5-4-11/h2-3,6,12H,5H2,1H3,(H,13,14). The molecule has 0 radical (unpaired) electrons. The van der Waals surface area contributed by atoms with Crippen molar-refractivity contribution in [3.05, 3.63) is 29.3 Å². The van der Waals surface area contributed by atoms with Gasteiger partial charge in [0.25, 0.3) is 0 Å². The van der Waals surface area contributed by atoms with Crippen LogP contribution in [0, 0.1) is 18.3 Å². The third-order valence-corrected chi connectivity index (χ3v) is 3.04. The lowest BCUT2D eigenvalue weighted by Gasteiger charge is -2.09. The van der Waals surface area contributed by atoms with Crippen LogP contribution in [-0.2, 0) is 10.0 Å². The van der Waals surface area contributed by atoms with Gasteiger partial charge < -0.3 is 5.11 Å². The molecule has 0 aliphatic carbocycles. The van der Waals surface area contributed by atoms with Gasteiger partial charge >= 0.3 is 5.97 Å². The molecule has 6 nitrogen and oxygen atoms in total. The molecule has 7 heteroatoms. The zero-order valence-corrected chi connectivity index (χ0v) is 9.78. The van der Waals surface area contributed by atoms with Gasteiger partial charge in [-0.1, -0.05) is 6.07 Å². The van der Waals surface area contributed by atoms with E-state index in [1.54, 1.807) is 6.92 Å². The third-order valence-electron chi connectivity index (χ3n) is 2.00. The number of carbonyl (C=O) groups is 1. The van der Waals surface area contributed by atoms with E-state index < -0.39 is 21.7 Å². The van der Waals surface area contributed by atoms with Gasteiger partial charge in [-0.15, -0.1) is 0 Å². The van der Waals surface area contributed by atoms with Crippen LogP contribution in [0.15, 0.2) is 18.2 Å². The summed E-state index contributed by atoms with van der Waals surface area (Å²) in [4.78, 5) is 10.7. The first-order valence-electron chi connectivity index (χ1n) is 4.57. The number of rotatable bonds is 4. The second kappa shape index (κ2) is 4.84. The first-order valence-corrected chi connectivity index (χ1v) is 6.22. The number of carboxylic acids is 1. The zero-order chi connectivity index (χ0) is 13.1. The molecule has 1 rings (SSSR count). The Morgan fingerprint density at radius 2 is 2.18 bits per heavy atom. The van der Waals surface area contributed by atoms with Gasteiger partial charge in [0.05, 0.1) is 17.3 Å². The van der Waals surface area contributed by atoms with Crippen LogP contribution >= 0.6 is 0 Å². The molecule has 1 aromatic carbocycles. The molecule has 0 amide bonds. The first kappa shape index (κ1) is 13.0. The minimum Gasteiger partial charge on any atom is -0.478 e. The Kier molecular flexibility index (Phi) is 3.70. The summed E-state index contributed by atoms with van der Waals surface area (Å²) in [6.45, 7) is 1.63. The lowest BCUT2D eigenvalue weighted by Crippen LogP contribution is -2.16. The summed E-state index contributed by atoms with van der Waals surface area (Å²) in [5, 5.41) is 17.1. The predicted octanol–water partition coefficient (Wildman–Crippen LogP) is 0.959. The summed E-state index contributed by atoms with van der Waals surface area (Å²) >= 11 is 0. The van der Waals surface area contributed by atoms with Crippen LogP contribution in [-0.4, -0.2) is 25.2 Å². The summed E-state index contributed by atoms with van der Waals surface area (Å²) < 4.78 is 24.9. The number of anilines is 1. The maximum atomic E-state index is 11.4. The highest BCUT2D eigenvalue weighted by molar-refractivity contribution is 7.92. The van der Waals surface area contributed by atoms with E-state index >= 15 is 0 Å². The van der Waals surface area contributed by atoms with Crippen LogP contribution in [0.25, 0.3) is 0 Å². The number of nitriles is 1. The molecule has 0 aliphatic rings. The van der Waals surface area contributed by atoms with E-state index in [1.807, 2.05) is 0 Å². The summed E-state index contributed by atoms with van der Waals surface area (Å²) in [6, 6.07) is 5.60. The molecule has 17 heavy (non-hydrogen) atoms. The molecule has 90 valence electrons. The number of sulfonamides is 1.